The molecule has 0 N–H and O–H groups in total. The van der Waals surface area contributed by atoms with Gasteiger partial charge in [0.25, 0.3) is 0 Å². The number of para-hydroxylation sites is 5. The van der Waals surface area contributed by atoms with Crippen LogP contribution in [0.4, 0.5) is 0 Å². The van der Waals surface area contributed by atoms with Crippen molar-refractivity contribution in [2.24, 2.45) is 14.1 Å². The number of aromatic nitrogens is 19. The quantitative estimate of drug-likeness (QED) is 0.0993. The SMILES string of the molecule is Cc1c[c-]c(-n2cccn2)cc1.Cn1ccnc1-c1[c-]ccc(-c2ccccc2)c1.Cn1ccnc1-c1[c-]csc1-c1ccccc1.[Ir].[Ir].[Ir].[Ir].[Ir].[c-]1ccccc1-c1ncco1.[c-]1ccccc1-c1nccs1.[c-]1ccccc1-n1cc(-c2ccccc2)cn1.[c-]1ccccc1-n1cccn1.[c-]1ccccc1-n1cccn1.[c-]1ccccc1-n1cccn1.[c-]1ccccc1-n1cncn1. The smallest absolute Gasteiger partial charge is 0.140 e. The topological polar surface area (TPSA) is 194 Å². The number of oxazole rings is 1. The molecule has 0 bridgehead atoms. The molecule has 23 aromatic rings. The first-order chi connectivity index (χ1) is 64.3. The Labute approximate surface area is 861 Å². The average molecular weight is 2690 g/mol. The van der Waals surface area contributed by atoms with Crippen molar-refractivity contribution in [1.82, 2.24) is 92.7 Å². The number of thiazole rings is 1. The maximum absolute atomic E-state index is 5.08. The largest absolute Gasteiger partial charge is 0.489 e. The van der Waals surface area contributed by atoms with Crippen molar-refractivity contribution in [2.75, 3.05) is 0 Å². The molecular weight excluding hydrogens is 2600 g/mol. The van der Waals surface area contributed by atoms with Crippen LogP contribution < -0.4 is 0 Å². The number of aryl methyl sites for hydroxylation is 3. The second kappa shape index (κ2) is 58.1. The van der Waals surface area contributed by atoms with E-state index in [2.05, 4.69) is 177 Å². The zero-order valence-electron chi connectivity index (χ0n) is 72.6. The molecule has 27 heteroatoms. The van der Waals surface area contributed by atoms with Crippen molar-refractivity contribution in [3.8, 4) is 112 Å². The maximum Gasteiger partial charge on any atom is 0.140 e. The fourth-order valence-electron chi connectivity index (χ4n) is 12.1. The molecule has 5 radical (unpaired) electrons. The average Bonchev–Trinajstić information content (AvgIpc) is 1.69. The van der Waals surface area contributed by atoms with E-state index < -0.39 is 0 Å². The van der Waals surface area contributed by atoms with Crippen molar-refractivity contribution >= 4 is 22.7 Å². The van der Waals surface area contributed by atoms with Gasteiger partial charge in [-0.05, 0) is 76.6 Å². The Morgan fingerprint density at radius 1 is 0.311 bits per heavy atom. The molecule has 20 nitrogen and oxygen atoms in total. The Kier molecular flexibility index (Phi) is 45.1. The Hall–Kier alpha value is -14.0. The predicted molar refractivity (Wildman–Crippen MR) is 513 cm³/mol. The van der Waals surface area contributed by atoms with E-state index in [1.54, 1.807) is 102 Å². The second-order valence-corrected chi connectivity index (χ2v) is 29.2. The van der Waals surface area contributed by atoms with Gasteiger partial charge in [0.05, 0.1) is 24.5 Å². The number of hydrogen-bond donors (Lipinski definition) is 0. The fourth-order valence-corrected chi connectivity index (χ4v) is 13.6. The van der Waals surface area contributed by atoms with Gasteiger partial charge in [0, 0.05) is 216 Å². The summed E-state index contributed by atoms with van der Waals surface area (Å²) in [6.07, 6.45) is 34.1. The summed E-state index contributed by atoms with van der Waals surface area (Å²) in [6, 6.07) is 136. The predicted octanol–water partition coefficient (Wildman–Crippen LogP) is 23.3. The molecule has 0 spiro atoms. The van der Waals surface area contributed by atoms with Gasteiger partial charge in [-0.15, -0.1) is 144 Å². The van der Waals surface area contributed by atoms with Crippen LogP contribution in [-0.4, -0.2) is 92.7 Å². The van der Waals surface area contributed by atoms with Gasteiger partial charge >= 0.3 is 0 Å². The molecule has 0 aliphatic carbocycles. The minimum absolute atomic E-state index is 0. The van der Waals surface area contributed by atoms with Crippen molar-refractivity contribution in [1.29, 1.82) is 0 Å². The second-order valence-electron chi connectivity index (χ2n) is 27.4. The molecule has 0 saturated heterocycles. The normalized spacial score (nSPS) is 9.74. The third-order valence-corrected chi connectivity index (χ3v) is 20.1. The summed E-state index contributed by atoms with van der Waals surface area (Å²) >= 11 is 3.33. The molecule has 0 atom stereocenters. The summed E-state index contributed by atoms with van der Waals surface area (Å²) in [5, 5.41) is 29.6. The summed E-state index contributed by atoms with van der Waals surface area (Å²) in [5.74, 6) is 2.52. The Morgan fingerprint density at radius 3 is 1.16 bits per heavy atom. The monoisotopic (exact) mass is 2690 g/mol. The zero-order valence-corrected chi connectivity index (χ0v) is 86.2. The van der Waals surface area contributed by atoms with Crippen LogP contribution in [-0.2, 0) is 115 Å². The van der Waals surface area contributed by atoms with Crippen LogP contribution in [0.25, 0.3) is 112 Å². The maximum atomic E-state index is 5.08. The summed E-state index contributed by atoms with van der Waals surface area (Å²) in [4.78, 5) is 22.0. The zero-order chi connectivity index (χ0) is 89.0. The van der Waals surface area contributed by atoms with Crippen LogP contribution in [0.2, 0.25) is 0 Å². The Morgan fingerprint density at radius 2 is 0.756 bits per heavy atom. The van der Waals surface area contributed by atoms with Crippen LogP contribution in [0.5, 0.6) is 0 Å². The summed E-state index contributed by atoms with van der Waals surface area (Å²) in [6.45, 7) is 2.05. The molecule has 0 aliphatic rings. The first kappa shape index (κ1) is 105. The molecule has 0 amide bonds. The molecule has 0 saturated carbocycles. The van der Waals surface area contributed by atoms with E-state index in [0.29, 0.717) is 5.89 Å². The van der Waals surface area contributed by atoms with E-state index >= 15 is 0 Å². The molecule has 0 aliphatic heterocycles. The number of thiophene rings is 1. The molecule has 11 aromatic heterocycles. The third-order valence-electron chi connectivity index (χ3n) is 18.4. The molecule has 0 fully saturated rings. The molecule has 683 valence electrons. The van der Waals surface area contributed by atoms with Crippen LogP contribution in [0.15, 0.2) is 455 Å². The van der Waals surface area contributed by atoms with E-state index in [0.717, 1.165) is 78.6 Å². The van der Waals surface area contributed by atoms with Crippen molar-refractivity contribution in [3.63, 3.8) is 0 Å². The Bertz CT molecular complexity index is 6290. The number of benzene rings is 12. The Balaban J connectivity index is 0.000000169. The van der Waals surface area contributed by atoms with Gasteiger partial charge in [0.2, 0.25) is 0 Å². The van der Waals surface area contributed by atoms with E-state index in [1.165, 1.54) is 39.0 Å². The van der Waals surface area contributed by atoms with Gasteiger partial charge in [-0.1, -0.05) is 119 Å². The minimum atomic E-state index is 0. The number of hydrogen-bond acceptors (Lipinski definition) is 14. The molecule has 0 unspecified atom stereocenters. The van der Waals surface area contributed by atoms with E-state index in [9.17, 15) is 0 Å². The van der Waals surface area contributed by atoms with Crippen LogP contribution in [0.1, 0.15) is 5.56 Å². The first-order valence-electron chi connectivity index (χ1n) is 40.9. The summed E-state index contributed by atoms with van der Waals surface area (Å²) in [5.41, 5.74) is 16.9. The van der Waals surface area contributed by atoms with Crippen LogP contribution >= 0.6 is 22.7 Å². The van der Waals surface area contributed by atoms with Gasteiger partial charge in [0.15, 0.2) is 0 Å². The van der Waals surface area contributed by atoms with E-state index in [1.807, 2.05) is 362 Å². The molecular formula is C108H83Ir5N19OS2-10. The molecule has 12 aromatic carbocycles. The summed E-state index contributed by atoms with van der Waals surface area (Å²) < 4.78 is 19.7. The van der Waals surface area contributed by atoms with E-state index in [-0.39, 0.29) is 101 Å². The fraction of sp³-hybridized carbons (Fsp3) is 0.0278. The van der Waals surface area contributed by atoms with Gasteiger partial charge in [-0.2, -0.15) is 193 Å². The number of nitrogens with zero attached hydrogens (tertiary/aromatic N) is 19. The molecule has 11 heterocycles. The number of rotatable bonds is 13. The third kappa shape index (κ3) is 32.7. The van der Waals surface area contributed by atoms with Gasteiger partial charge < -0.3 is 18.5 Å². The molecule has 135 heavy (non-hydrogen) atoms. The first-order valence-corrected chi connectivity index (χ1v) is 42.6. The minimum Gasteiger partial charge on any atom is -0.489 e. The van der Waals surface area contributed by atoms with Crippen molar-refractivity contribution in [2.45, 2.75) is 6.92 Å². The van der Waals surface area contributed by atoms with Crippen LogP contribution in [0, 0.1) is 67.6 Å². The standard InChI is InChI=1S/C16H13N2.C15H11N2.C14H11N2S.C10H9N2.3C9H7N2.C9H6NO.C9H6NS.C8H6N3.5Ir/c1-18-11-10-17-16(18)15-9-5-8-14(12-15)13-6-3-2-4-7-13;1-3-7-13(8-4-1)14-11-16-17(12-14)15-9-5-2-6-10-15;1-16-9-8-15-14(16)12-7-10-17-13(12)11-5-3-2-4-6-11;1-9-3-5-10(6-4-9)12-8-2-7-11-12;3*1-2-5-9(6-3-1)11-8-4-7-10-11;2*1-2-4-8(5-3-1)9-10-6-7-11-9;1-2-4-8(5-3-1)11-7-9-6-10-11;;;;;/h2-8,10-12H,1H3;1-9,11-12H;2-6,8-10H,1H3;2-5,7-8H,1H3;3*1-5,7-8H;3*1-4,6-7H;;;;;/q10*-1;;;;;. The van der Waals surface area contributed by atoms with E-state index in [4.69, 9.17) is 4.42 Å². The van der Waals surface area contributed by atoms with Gasteiger partial charge in [0.1, 0.15) is 18.5 Å². The summed E-state index contributed by atoms with van der Waals surface area (Å²) in [7, 11) is 3.99. The van der Waals surface area contributed by atoms with Gasteiger partial charge in [-0.3, -0.25) is 38.4 Å². The van der Waals surface area contributed by atoms with Crippen LogP contribution in [0.3, 0.4) is 0 Å². The van der Waals surface area contributed by atoms with Crippen molar-refractivity contribution < 1.29 is 105 Å². The van der Waals surface area contributed by atoms with Crippen molar-refractivity contribution in [3.05, 3.63) is 517 Å². The van der Waals surface area contributed by atoms with Gasteiger partial charge in [-0.25, -0.2) is 21.0 Å². The molecule has 23 rings (SSSR count). The number of imidazole rings is 2.